The molecule has 3 aromatic rings. The van der Waals surface area contributed by atoms with Gasteiger partial charge in [0.15, 0.2) is 17.2 Å². The van der Waals surface area contributed by atoms with Gasteiger partial charge in [-0.15, -0.1) is 0 Å². The minimum absolute atomic E-state index is 0.109. The lowest BCUT2D eigenvalue weighted by molar-refractivity contribution is -0.130. The van der Waals surface area contributed by atoms with E-state index in [-0.39, 0.29) is 17.3 Å². The summed E-state index contributed by atoms with van der Waals surface area (Å²) in [6, 6.07) is 18.9. The molecule has 0 fully saturated rings. The van der Waals surface area contributed by atoms with Gasteiger partial charge in [0.1, 0.15) is 0 Å². The highest BCUT2D eigenvalue weighted by Gasteiger charge is 2.25. The molecule has 0 aliphatic carbocycles. The van der Waals surface area contributed by atoms with Gasteiger partial charge in [-0.2, -0.15) is 0 Å². The molecule has 176 valence electrons. The maximum Gasteiger partial charge on any atom is 0.363 e. The Hall–Kier alpha value is -3.87. The Labute approximate surface area is 212 Å². The van der Waals surface area contributed by atoms with Gasteiger partial charge in [0.25, 0.3) is 0 Å². The third-order valence-electron chi connectivity index (χ3n) is 4.79. The molecule has 0 N–H and O–H groups in total. The number of cyclic esters (lactones) is 1. The zero-order valence-electron chi connectivity index (χ0n) is 18.5. The summed E-state index contributed by atoms with van der Waals surface area (Å²) in [4.78, 5) is 28.9. The van der Waals surface area contributed by atoms with Crippen molar-refractivity contribution in [2.24, 2.45) is 4.99 Å². The third-order valence-corrected chi connectivity index (χ3v) is 5.37. The van der Waals surface area contributed by atoms with Gasteiger partial charge in [-0.3, -0.25) is 0 Å². The average molecular weight is 508 g/mol. The number of halogens is 2. The minimum Gasteiger partial charge on any atom is -0.490 e. The highest BCUT2D eigenvalue weighted by Crippen LogP contribution is 2.31. The van der Waals surface area contributed by atoms with Crippen molar-refractivity contribution in [2.75, 3.05) is 6.61 Å². The van der Waals surface area contributed by atoms with Crippen molar-refractivity contribution in [2.45, 2.75) is 6.92 Å². The van der Waals surface area contributed by atoms with Crippen molar-refractivity contribution in [1.82, 2.24) is 0 Å². The lowest BCUT2D eigenvalue weighted by Crippen LogP contribution is -2.06. The van der Waals surface area contributed by atoms with Crippen LogP contribution in [-0.2, 0) is 14.3 Å². The second-order valence-electron chi connectivity index (χ2n) is 7.26. The molecule has 35 heavy (non-hydrogen) atoms. The Bertz CT molecular complexity index is 1360. The molecule has 0 aromatic heterocycles. The number of rotatable bonds is 7. The molecule has 0 amide bonds. The summed E-state index contributed by atoms with van der Waals surface area (Å²) in [5.41, 5.74) is 2.05. The van der Waals surface area contributed by atoms with Gasteiger partial charge >= 0.3 is 11.9 Å². The van der Waals surface area contributed by atoms with Crippen LogP contribution in [0.25, 0.3) is 12.2 Å². The Morgan fingerprint density at radius 1 is 1.00 bits per heavy atom. The fourth-order valence-electron chi connectivity index (χ4n) is 3.16. The molecule has 0 spiro atoms. The van der Waals surface area contributed by atoms with Crippen LogP contribution in [0.2, 0.25) is 10.0 Å². The van der Waals surface area contributed by atoms with Crippen LogP contribution in [0.3, 0.4) is 0 Å². The Morgan fingerprint density at radius 3 is 2.49 bits per heavy atom. The lowest BCUT2D eigenvalue weighted by atomic mass is 10.1. The number of carbonyl (C=O) groups is 2. The first kappa shape index (κ1) is 24.3. The van der Waals surface area contributed by atoms with Crippen LogP contribution in [0.5, 0.6) is 11.5 Å². The van der Waals surface area contributed by atoms with Crippen molar-refractivity contribution >= 4 is 53.2 Å². The molecule has 0 saturated heterocycles. The van der Waals surface area contributed by atoms with E-state index in [9.17, 15) is 9.59 Å². The second kappa shape index (κ2) is 11.0. The fraction of sp³-hybridized carbons (Fsp3) is 0.0741. The zero-order chi connectivity index (χ0) is 24.8. The van der Waals surface area contributed by atoms with Gasteiger partial charge in [0, 0.05) is 11.1 Å². The maximum absolute atomic E-state index is 12.3. The predicted octanol–water partition coefficient (Wildman–Crippen LogP) is 6.36. The van der Waals surface area contributed by atoms with E-state index in [4.69, 9.17) is 37.4 Å². The van der Waals surface area contributed by atoms with Crippen molar-refractivity contribution in [3.05, 3.63) is 105 Å². The number of aliphatic imine (C=N–C) groups is 1. The van der Waals surface area contributed by atoms with E-state index in [1.807, 2.05) is 6.92 Å². The smallest absolute Gasteiger partial charge is 0.363 e. The van der Waals surface area contributed by atoms with Gasteiger partial charge in [0.2, 0.25) is 5.90 Å². The molecule has 0 radical (unpaired) electrons. The van der Waals surface area contributed by atoms with Crippen LogP contribution < -0.4 is 9.47 Å². The van der Waals surface area contributed by atoms with Gasteiger partial charge in [-0.25, -0.2) is 14.6 Å². The number of nitrogens with zero attached hydrogens (tertiary/aromatic N) is 1. The van der Waals surface area contributed by atoms with Crippen LogP contribution in [0.15, 0.2) is 83.5 Å². The molecule has 4 rings (SSSR count). The molecule has 0 unspecified atom stereocenters. The molecule has 0 atom stereocenters. The number of esters is 2. The molecular formula is C27H19Cl2NO5. The first-order chi connectivity index (χ1) is 16.9. The monoisotopic (exact) mass is 507 g/mol. The Kier molecular flexibility index (Phi) is 7.65. The van der Waals surface area contributed by atoms with Crippen LogP contribution in [0, 0.1) is 0 Å². The molecule has 3 aromatic carbocycles. The molecule has 1 aliphatic rings. The van der Waals surface area contributed by atoms with Crippen LogP contribution in [0.1, 0.15) is 23.6 Å². The summed E-state index contributed by atoms with van der Waals surface area (Å²) in [6.07, 6.45) is 4.49. The van der Waals surface area contributed by atoms with E-state index in [2.05, 4.69) is 4.99 Å². The topological polar surface area (TPSA) is 74.2 Å². The Balaban J connectivity index is 1.53. The molecular weight excluding hydrogens is 489 g/mol. The molecule has 6 nitrogen and oxygen atoms in total. The maximum atomic E-state index is 12.3. The minimum atomic E-state index is -0.597. The van der Waals surface area contributed by atoms with E-state index >= 15 is 0 Å². The highest BCUT2D eigenvalue weighted by molar-refractivity contribution is 6.34. The normalized spacial score (nSPS) is 14.2. The third kappa shape index (κ3) is 6.18. The van der Waals surface area contributed by atoms with Gasteiger partial charge in [0.05, 0.1) is 17.2 Å². The highest BCUT2D eigenvalue weighted by atomic mass is 35.5. The van der Waals surface area contributed by atoms with Crippen molar-refractivity contribution in [3.63, 3.8) is 0 Å². The first-order valence-corrected chi connectivity index (χ1v) is 11.4. The summed E-state index contributed by atoms with van der Waals surface area (Å²) in [5.74, 6) is -0.443. The summed E-state index contributed by atoms with van der Waals surface area (Å²) >= 11 is 12.1. The van der Waals surface area contributed by atoms with Crippen LogP contribution in [0.4, 0.5) is 0 Å². The number of ether oxygens (including phenoxy) is 3. The number of hydrogen-bond acceptors (Lipinski definition) is 6. The zero-order valence-corrected chi connectivity index (χ0v) is 20.0. The first-order valence-electron chi connectivity index (χ1n) is 10.6. The quantitative estimate of drug-likeness (QED) is 0.211. The van der Waals surface area contributed by atoms with Crippen LogP contribution in [-0.4, -0.2) is 24.4 Å². The number of hydrogen-bond donors (Lipinski definition) is 0. The number of benzene rings is 3. The summed E-state index contributed by atoms with van der Waals surface area (Å²) in [5, 5.41) is 1.04. The van der Waals surface area contributed by atoms with Crippen LogP contribution >= 0.6 is 23.2 Å². The van der Waals surface area contributed by atoms with Crippen molar-refractivity contribution in [3.8, 4) is 11.5 Å². The van der Waals surface area contributed by atoms with E-state index < -0.39 is 11.9 Å². The largest absolute Gasteiger partial charge is 0.490 e. The summed E-state index contributed by atoms with van der Waals surface area (Å²) in [7, 11) is 0. The van der Waals surface area contributed by atoms with E-state index in [1.165, 1.54) is 6.08 Å². The van der Waals surface area contributed by atoms with Gasteiger partial charge in [-0.05, 0) is 66.6 Å². The Morgan fingerprint density at radius 2 is 1.74 bits per heavy atom. The van der Waals surface area contributed by atoms with Crippen molar-refractivity contribution < 1.29 is 23.8 Å². The summed E-state index contributed by atoms with van der Waals surface area (Å²) < 4.78 is 16.4. The molecule has 0 bridgehead atoms. The molecule has 1 heterocycles. The average Bonchev–Trinajstić information content (AvgIpc) is 3.20. The molecule has 0 saturated carbocycles. The SMILES string of the molecule is CCOc1cc(/C=C2\N=C(c3ccccc3Cl)OC2=O)ccc1OC(=O)/C=C/c1ccc(Cl)cc1. The standard InChI is InChI=1S/C27H19Cl2NO5/c1-2-33-24-16-18(15-22-27(32)35-26(30-22)20-5-3-4-6-21(20)29)9-13-23(24)34-25(31)14-10-17-7-11-19(28)12-8-17/h3-16H,2H2,1H3/b14-10+,22-15-. The fourth-order valence-corrected chi connectivity index (χ4v) is 3.51. The van der Waals surface area contributed by atoms with E-state index in [1.54, 1.807) is 78.9 Å². The number of carbonyl (C=O) groups excluding carboxylic acids is 2. The van der Waals surface area contributed by atoms with Gasteiger partial charge < -0.3 is 14.2 Å². The van der Waals surface area contributed by atoms with E-state index in [0.29, 0.717) is 33.5 Å². The lowest BCUT2D eigenvalue weighted by Gasteiger charge is -2.10. The van der Waals surface area contributed by atoms with E-state index in [0.717, 1.165) is 5.56 Å². The molecule has 8 heteroatoms. The second-order valence-corrected chi connectivity index (χ2v) is 8.10. The van der Waals surface area contributed by atoms with Gasteiger partial charge in [-0.1, -0.05) is 53.5 Å². The van der Waals surface area contributed by atoms with Crippen molar-refractivity contribution in [1.29, 1.82) is 0 Å². The molecule has 1 aliphatic heterocycles. The predicted molar refractivity (Wildman–Crippen MR) is 136 cm³/mol. The summed E-state index contributed by atoms with van der Waals surface area (Å²) in [6.45, 7) is 2.16.